The summed E-state index contributed by atoms with van der Waals surface area (Å²) in [5.41, 5.74) is -0.104. The van der Waals surface area contributed by atoms with Crippen LogP contribution in [0.15, 0.2) is 22.7 Å². The van der Waals surface area contributed by atoms with Gasteiger partial charge in [0.15, 0.2) is 9.84 Å². The molecule has 1 aliphatic heterocycles. The molecule has 8 heteroatoms. The summed E-state index contributed by atoms with van der Waals surface area (Å²) in [7, 11) is -3.40. The first-order chi connectivity index (χ1) is 9.88. The number of sulfone groups is 1. The van der Waals surface area contributed by atoms with Crippen LogP contribution in [-0.2, 0) is 9.84 Å². The summed E-state index contributed by atoms with van der Waals surface area (Å²) in [6, 6.07) is 4.43. The first-order valence-electron chi connectivity index (χ1n) is 6.42. The first kappa shape index (κ1) is 16.8. The van der Waals surface area contributed by atoms with Crippen molar-refractivity contribution in [1.82, 2.24) is 4.90 Å². The van der Waals surface area contributed by atoms with Crippen LogP contribution in [-0.4, -0.2) is 48.4 Å². The standard InChI is InChI=1S/C13H15BrFNO3S2/c1-2-21(18,19)11-8-20-7-6-16(11)13(17)9-4-3-5-10(14)12(9)15/h3-5,11H,2,6-8H2,1H3. The van der Waals surface area contributed by atoms with Gasteiger partial charge in [-0.05, 0) is 28.1 Å². The zero-order valence-corrected chi connectivity index (χ0v) is 14.6. The molecule has 0 aromatic heterocycles. The molecule has 1 unspecified atom stereocenters. The highest BCUT2D eigenvalue weighted by Gasteiger charge is 2.36. The fraction of sp³-hybridized carbons (Fsp3) is 0.462. The van der Waals surface area contributed by atoms with Gasteiger partial charge < -0.3 is 4.90 Å². The van der Waals surface area contributed by atoms with Gasteiger partial charge >= 0.3 is 0 Å². The van der Waals surface area contributed by atoms with E-state index >= 15 is 0 Å². The molecule has 1 amide bonds. The zero-order chi connectivity index (χ0) is 15.6. The van der Waals surface area contributed by atoms with Crippen molar-refractivity contribution in [2.24, 2.45) is 0 Å². The molecule has 4 nitrogen and oxygen atoms in total. The second-order valence-corrected chi connectivity index (χ2v) is 9.03. The second kappa shape index (κ2) is 6.66. The fourth-order valence-electron chi connectivity index (χ4n) is 2.13. The van der Waals surface area contributed by atoms with Gasteiger partial charge in [-0.2, -0.15) is 11.8 Å². The number of hydrogen-bond acceptors (Lipinski definition) is 4. The maximum absolute atomic E-state index is 14.1. The molecule has 0 saturated carbocycles. The Kier molecular flexibility index (Phi) is 5.32. The van der Waals surface area contributed by atoms with Gasteiger partial charge in [0.2, 0.25) is 0 Å². The molecule has 1 aromatic rings. The average molecular weight is 396 g/mol. The van der Waals surface area contributed by atoms with E-state index in [-0.39, 0.29) is 15.8 Å². The van der Waals surface area contributed by atoms with Crippen LogP contribution >= 0.6 is 27.7 Å². The topological polar surface area (TPSA) is 54.5 Å². The number of hydrogen-bond donors (Lipinski definition) is 0. The third-order valence-corrected chi connectivity index (χ3v) is 7.25. The smallest absolute Gasteiger partial charge is 0.257 e. The van der Waals surface area contributed by atoms with Crippen LogP contribution < -0.4 is 0 Å². The molecule has 0 spiro atoms. The lowest BCUT2D eigenvalue weighted by Crippen LogP contribution is -2.50. The summed E-state index contributed by atoms with van der Waals surface area (Å²) in [4.78, 5) is 13.8. The third-order valence-electron chi connectivity index (χ3n) is 3.34. The quantitative estimate of drug-likeness (QED) is 0.788. The maximum atomic E-state index is 14.1. The van der Waals surface area contributed by atoms with E-state index in [4.69, 9.17) is 0 Å². The Morgan fingerprint density at radius 1 is 1.52 bits per heavy atom. The van der Waals surface area contributed by atoms with Gasteiger partial charge in [0.25, 0.3) is 5.91 Å². The van der Waals surface area contributed by atoms with Gasteiger partial charge in [0.1, 0.15) is 11.2 Å². The van der Waals surface area contributed by atoms with E-state index in [1.165, 1.54) is 28.8 Å². The zero-order valence-electron chi connectivity index (χ0n) is 11.4. The van der Waals surface area contributed by atoms with Crippen molar-refractivity contribution in [3.63, 3.8) is 0 Å². The largest absolute Gasteiger partial charge is 0.320 e. The monoisotopic (exact) mass is 395 g/mol. The third kappa shape index (κ3) is 3.43. The van der Waals surface area contributed by atoms with Gasteiger partial charge in [0, 0.05) is 23.8 Å². The van der Waals surface area contributed by atoms with E-state index in [9.17, 15) is 17.6 Å². The van der Waals surface area contributed by atoms with Crippen LogP contribution in [0, 0.1) is 5.82 Å². The Morgan fingerprint density at radius 2 is 2.24 bits per heavy atom. The number of nitrogens with zero attached hydrogens (tertiary/aromatic N) is 1. The minimum Gasteiger partial charge on any atom is -0.320 e. The van der Waals surface area contributed by atoms with Crippen molar-refractivity contribution in [3.05, 3.63) is 34.1 Å². The molecule has 1 atom stereocenters. The lowest BCUT2D eigenvalue weighted by molar-refractivity contribution is 0.0744. The lowest BCUT2D eigenvalue weighted by atomic mass is 10.2. The highest BCUT2D eigenvalue weighted by Crippen LogP contribution is 2.26. The Balaban J connectivity index is 2.38. The van der Waals surface area contributed by atoms with Crippen LogP contribution in [0.25, 0.3) is 0 Å². The second-order valence-electron chi connectivity index (χ2n) is 4.58. The van der Waals surface area contributed by atoms with E-state index in [2.05, 4.69) is 15.9 Å². The van der Waals surface area contributed by atoms with Crippen molar-refractivity contribution in [1.29, 1.82) is 0 Å². The number of halogens is 2. The Bertz CT molecular complexity index is 651. The predicted octanol–water partition coefficient (Wildman–Crippen LogP) is 2.54. The van der Waals surface area contributed by atoms with Crippen molar-refractivity contribution < 1.29 is 17.6 Å². The summed E-state index contributed by atoms with van der Waals surface area (Å²) in [5.74, 6) is -0.290. The summed E-state index contributed by atoms with van der Waals surface area (Å²) in [6.07, 6.45) is 0. The Morgan fingerprint density at radius 3 is 2.90 bits per heavy atom. The fourth-order valence-corrected chi connectivity index (χ4v) is 5.46. The highest BCUT2D eigenvalue weighted by molar-refractivity contribution is 9.10. The molecule has 1 fully saturated rings. The number of thioether (sulfide) groups is 1. The molecular formula is C13H15BrFNO3S2. The molecule has 0 aliphatic carbocycles. The van der Waals surface area contributed by atoms with E-state index in [0.29, 0.717) is 18.1 Å². The van der Waals surface area contributed by atoms with Gasteiger partial charge in [-0.3, -0.25) is 4.79 Å². The molecule has 21 heavy (non-hydrogen) atoms. The van der Waals surface area contributed by atoms with Gasteiger partial charge in [-0.15, -0.1) is 0 Å². The minimum absolute atomic E-state index is 0.0387. The highest BCUT2D eigenvalue weighted by atomic mass is 79.9. The van der Waals surface area contributed by atoms with Gasteiger partial charge in [-0.1, -0.05) is 13.0 Å². The average Bonchev–Trinajstić information content (AvgIpc) is 2.49. The van der Waals surface area contributed by atoms with Gasteiger partial charge in [0.05, 0.1) is 10.0 Å². The minimum atomic E-state index is -3.40. The summed E-state index contributed by atoms with van der Waals surface area (Å²) in [6.45, 7) is 1.86. The van der Waals surface area contributed by atoms with Crippen LogP contribution in [0.4, 0.5) is 4.39 Å². The van der Waals surface area contributed by atoms with E-state index in [1.54, 1.807) is 13.0 Å². The summed E-state index contributed by atoms with van der Waals surface area (Å²) in [5, 5.41) is -0.882. The molecule has 0 bridgehead atoms. The van der Waals surface area contributed by atoms with Crippen molar-refractivity contribution in [2.45, 2.75) is 12.3 Å². The SMILES string of the molecule is CCS(=O)(=O)C1CSCCN1C(=O)c1cccc(Br)c1F. The summed E-state index contributed by atoms with van der Waals surface area (Å²) < 4.78 is 38.5. The Hall–Kier alpha value is -0.600. The number of rotatable bonds is 3. The van der Waals surface area contributed by atoms with Crippen LogP contribution in [0.5, 0.6) is 0 Å². The molecule has 116 valence electrons. The van der Waals surface area contributed by atoms with Crippen molar-refractivity contribution >= 4 is 43.4 Å². The van der Waals surface area contributed by atoms with Crippen molar-refractivity contribution in [2.75, 3.05) is 23.8 Å². The van der Waals surface area contributed by atoms with E-state index in [0.717, 1.165) is 0 Å². The van der Waals surface area contributed by atoms with E-state index in [1.807, 2.05) is 0 Å². The number of amides is 1. The molecule has 1 heterocycles. The normalized spacial score (nSPS) is 19.6. The lowest BCUT2D eigenvalue weighted by Gasteiger charge is -2.34. The van der Waals surface area contributed by atoms with E-state index < -0.39 is 26.9 Å². The predicted molar refractivity (Wildman–Crippen MR) is 85.7 cm³/mol. The van der Waals surface area contributed by atoms with Gasteiger partial charge in [-0.25, -0.2) is 12.8 Å². The summed E-state index contributed by atoms with van der Waals surface area (Å²) >= 11 is 4.53. The molecule has 0 radical (unpaired) electrons. The number of carbonyl (C=O) groups is 1. The molecule has 0 N–H and O–H groups in total. The van der Waals surface area contributed by atoms with Crippen LogP contribution in [0.1, 0.15) is 17.3 Å². The number of benzene rings is 1. The number of carbonyl (C=O) groups excluding carboxylic acids is 1. The maximum Gasteiger partial charge on any atom is 0.257 e. The molecule has 1 aromatic carbocycles. The van der Waals surface area contributed by atoms with Crippen LogP contribution in [0.2, 0.25) is 0 Å². The first-order valence-corrected chi connectivity index (χ1v) is 10.1. The Labute approximate surface area is 136 Å². The molecule has 2 rings (SSSR count). The molecular weight excluding hydrogens is 381 g/mol. The molecule has 1 aliphatic rings. The van der Waals surface area contributed by atoms with Crippen LogP contribution in [0.3, 0.4) is 0 Å². The molecule has 1 saturated heterocycles. The van der Waals surface area contributed by atoms with Crippen molar-refractivity contribution in [3.8, 4) is 0 Å².